The highest BCUT2D eigenvalue weighted by Gasteiger charge is 2.28. The van der Waals surface area contributed by atoms with Gasteiger partial charge in [0.1, 0.15) is 12.1 Å². The van der Waals surface area contributed by atoms with Gasteiger partial charge in [-0.3, -0.25) is 4.79 Å². The average Bonchev–Trinajstić information content (AvgIpc) is 2.71. The van der Waals surface area contributed by atoms with E-state index >= 15 is 0 Å². The fourth-order valence-electron chi connectivity index (χ4n) is 2.68. The average molecular weight is 299 g/mol. The van der Waals surface area contributed by atoms with E-state index in [1.165, 1.54) is 12.8 Å². The molecule has 1 fully saturated rings. The van der Waals surface area contributed by atoms with Crippen LogP contribution in [0.3, 0.4) is 0 Å². The standard InChI is InChI=1S/C16H29NO4/c1-4-11(2)14(16(19)20)17-15(18)12(3)21-13-9-7-5-6-8-10-13/h11-14H,4-10H2,1-3H3,(H,17,18)(H,19,20)/t11-,12?,14-/m0/s1. The molecule has 0 aromatic carbocycles. The molecule has 1 unspecified atom stereocenters. The summed E-state index contributed by atoms with van der Waals surface area (Å²) in [5.41, 5.74) is 0. The molecule has 1 amide bonds. The third-order valence-electron chi connectivity index (χ3n) is 4.34. The monoisotopic (exact) mass is 299 g/mol. The van der Waals surface area contributed by atoms with Crippen LogP contribution < -0.4 is 5.32 Å². The Bertz CT molecular complexity index is 337. The van der Waals surface area contributed by atoms with Crippen molar-refractivity contribution < 1.29 is 19.4 Å². The summed E-state index contributed by atoms with van der Waals surface area (Å²) in [7, 11) is 0. The Morgan fingerprint density at radius 3 is 2.24 bits per heavy atom. The number of nitrogens with one attached hydrogen (secondary N) is 1. The summed E-state index contributed by atoms with van der Waals surface area (Å²) in [5, 5.41) is 11.8. The van der Waals surface area contributed by atoms with E-state index in [0.29, 0.717) is 6.42 Å². The summed E-state index contributed by atoms with van der Waals surface area (Å²) in [6, 6.07) is -0.845. The van der Waals surface area contributed by atoms with Gasteiger partial charge in [-0.15, -0.1) is 0 Å². The normalized spacial score (nSPS) is 21.1. The third kappa shape index (κ3) is 6.04. The molecule has 1 aliphatic rings. The Balaban J connectivity index is 2.50. The predicted octanol–water partition coefficient (Wildman–Crippen LogP) is 2.73. The molecule has 5 nitrogen and oxygen atoms in total. The highest BCUT2D eigenvalue weighted by Crippen LogP contribution is 2.21. The van der Waals surface area contributed by atoms with Gasteiger partial charge in [-0.25, -0.2) is 4.79 Å². The van der Waals surface area contributed by atoms with Gasteiger partial charge in [0.15, 0.2) is 0 Å². The number of ether oxygens (including phenoxy) is 1. The van der Waals surface area contributed by atoms with Gasteiger partial charge in [-0.1, -0.05) is 46.0 Å². The number of rotatable bonds is 7. The van der Waals surface area contributed by atoms with Crippen LogP contribution >= 0.6 is 0 Å². The van der Waals surface area contributed by atoms with Gasteiger partial charge in [-0.2, -0.15) is 0 Å². The molecular weight excluding hydrogens is 270 g/mol. The minimum absolute atomic E-state index is 0.100. The molecule has 3 atom stereocenters. The van der Waals surface area contributed by atoms with E-state index < -0.39 is 18.1 Å². The molecule has 2 N–H and O–H groups in total. The number of carbonyl (C=O) groups is 2. The van der Waals surface area contributed by atoms with Crippen LogP contribution in [0.2, 0.25) is 0 Å². The van der Waals surface area contributed by atoms with Crippen molar-refractivity contribution in [2.45, 2.75) is 84.0 Å². The highest BCUT2D eigenvalue weighted by molar-refractivity contribution is 5.86. The van der Waals surface area contributed by atoms with Crippen molar-refractivity contribution in [3.8, 4) is 0 Å². The second-order valence-electron chi connectivity index (χ2n) is 6.10. The van der Waals surface area contributed by atoms with Gasteiger partial charge in [0, 0.05) is 0 Å². The molecule has 0 aliphatic heterocycles. The summed E-state index contributed by atoms with van der Waals surface area (Å²) < 4.78 is 5.82. The lowest BCUT2D eigenvalue weighted by molar-refractivity contribution is -0.146. The summed E-state index contributed by atoms with van der Waals surface area (Å²) >= 11 is 0. The first-order chi connectivity index (χ1) is 9.95. The Morgan fingerprint density at radius 1 is 1.19 bits per heavy atom. The van der Waals surface area contributed by atoms with E-state index in [-0.39, 0.29) is 17.9 Å². The molecule has 0 heterocycles. The summed E-state index contributed by atoms with van der Waals surface area (Å²) in [5.74, 6) is -1.41. The fourth-order valence-corrected chi connectivity index (χ4v) is 2.68. The van der Waals surface area contributed by atoms with Gasteiger partial charge >= 0.3 is 5.97 Å². The second-order valence-corrected chi connectivity index (χ2v) is 6.10. The van der Waals surface area contributed by atoms with Crippen LogP contribution in [0.15, 0.2) is 0 Å². The molecular formula is C16H29NO4. The molecule has 0 bridgehead atoms. The lowest BCUT2D eigenvalue weighted by Crippen LogP contribution is -2.49. The van der Waals surface area contributed by atoms with E-state index in [4.69, 9.17) is 4.74 Å². The number of carboxylic acids is 1. The first-order valence-electron chi connectivity index (χ1n) is 8.14. The quantitative estimate of drug-likeness (QED) is 0.709. The molecule has 5 heteroatoms. The molecule has 0 spiro atoms. The molecule has 1 rings (SSSR count). The zero-order valence-corrected chi connectivity index (χ0v) is 13.4. The van der Waals surface area contributed by atoms with Gasteiger partial charge in [0.2, 0.25) is 5.91 Å². The molecule has 122 valence electrons. The van der Waals surface area contributed by atoms with E-state index in [9.17, 15) is 14.7 Å². The predicted molar refractivity (Wildman–Crippen MR) is 81.1 cm³/mol. The Kier molecular flexibility index (Phi) is 7.72. The summed E-state index contributed by atoms with van der Waals surface area (Å²) in [6.07, 6.45) is 6.96. The minimum Gasteiger partial charge on any atom is -0.480 e. The summed E-state index contributed by atoms with van der Waals surface area (Å²) in [4.78, 5) is 23.4. The lowest BCUT2D eigenvalue weighted by Gasteiger charge is -2.24. The van der Waals surface area contributed by atoms with Crippen molar-refractivity contribution in [1.82, 2.24) is 5.32 Å². The second kappa shape index (κ2) is 9.03. The van der Waals surface area contributed by atoms with Crippen molar-refractivity contribution in [2.75, 3.05) is 0 Å². The molecule has 1 aliphatic carbocycles. The van der Waals surface area contributed by atoms with Gasteiger partial charge in [-0.05, 0) is 25.7 Å². The number of hydrogen-bond acceptors (Lipinski definition) is 3. The number of aliphatic carboxylic acids is 1. The first kappa shape index (κ1) is 18.0. The summed E-state index contributed by atoms with van der Waals surface area (Å²) in [6.45, 7) is 5.45. The third-order valence-corrected chi connectivity index (χ3v) is 4.34. The Hall–Kier alpha value is -1.10. The van der Waals surface area contributed by atoms with Gasteiger partial charge in [0.05, 0.1) is 6.10 Å². The lowest BCUT2D eigenvalue weighted by atomic mass is 9.99. The number of amides is 1. The van der Waals surface area contributed by atoms with Crippen molar-refractivity contribution in [1.29, 1.82) is 0 Å². The van der Waals surface area contributed by atoms with Crippen molar-refractivity contribution in [3.63, 3.8) is 0 Å². The zero-order valence-electron chi connectivity index (χ0n) is 13.4. The highest BCUT2D eigenvalue weighted by atomic mass is 16.5. The molecule has 0 saturated heterocycles. The van der Waals surface area contributed by atoms with Crippen molar-refractivity contribution in [3.05, 3.63) is 0 Å². The van der Waals surface area contributed by atoms with Crippen LogP contribution in [0.5, 0.6) is 0 Å². The van der Waals surface area contributed by atoms with E-state index in [0.717, 1.165) is 25.7 Å². The van der Waals surface area contributed by atoms with E-state index in [2.05, 4.69) is 5.32 Å². The first-order valence-corrected chi connectivity index (χ1v) is 8.14. The van der Waals surface area contributed by atoms with Gasteiger partial charge < -0.3 is 15.2 Å². The maximum absolute atomic E-state index is 12.1. The minimum atomic E-state index is -0.987. The van der Waals surface area contributed by atoms with Crippen LogP contribution in [0, 0.1) is 5.92 Å². The largest absolute Gasteiger partial charge is 0.480 e. The Labute approximate surface area is 127 Å². The fraction of sp³-hybridized carbons (Fsp3) is 0.875. The number of hydrogen-bond donors (Lipinski definition) is 2. The molecule has 0 aromatic rings. The van der Waals surface area contributed by atoms with E-state index in [1.807, 2.05) is 13.8 Å². The zero-order chi connectivity index (χ0) is 15.8. The van der Waals surface area contributed by atoms with Crippen LogP contribution in [-0.2, 0) is 14.3 Å². The Morgan fingerprint density at radius 2 is 1.76 bits per heavy atom. The molecule has 21 heavy (non-hydrogen) atoms. The molecule has 0 aromatic heterocycles. The smallest absolute Gasteiger partial charge is 0.326 e. The van der Waals surface area contributed by atoms with Crippen molar-refractivity contribution in [2.24, 2.45) is 5.92 Å². The van der Waals surface area contributed by atoms with E-state index in [1.54, 1.807) is 6.92 Å². The molecule has 1 saturated carbocycles. The van der Waals surface area contributed by atoms with Gasteiger partial charge in [0.25, 0.3) is 0 Å². The number of carboxylic acid groups (broad SMARTS) is 1. The van der Waals surface area contributed by atoms with Crippen LogP contribution in [0.1, 0.15) is 65.7 Å². The SMILES string of the molecule is CC[C@H](C)[C@H](NC(=O)C(C)OC1CCCCCC1)C(=O)O. The van der Waals surface area contributed by atoms with Crippen molar-refractivity contribution >= 4 is 11.9 Å². The van der Waals surface area contributed by atoms with Crippen LogP contribution in [0.25, 0.3) is 0 Å². The van der Waals surface area contributed by atoms with Crippen LogP contribution in [-0.4, -0.2) is 35.2 Å². The van der Waals surface area contributed by atoms with Crippen LogP contribution in [0.4, 0.5) is 0 Å². The molecule has 0 radical (unpaired) electrons. The number of carbonyl (C=O) groups excluding carboxylic acids is 1. The topological polar surface area (TPSA) is 75.6 Å². The maximum atomic E-state index is 12.1. The maximum Gasteiger partial charge on any atom is 0.326 e.